The van der Waals surface area contributed by atoms with Gasteiger partial charge in [-0.15, -0.1) is 12.4 Å². The molecule has 0 aliphatic carbocycles. The Balaban J connectivity index is 0.00000108. The number of fused-ring (bicyclic) bond motifs is 1. The fourth-order valence-electron chi connectivity index (χ4n) is 1.66. The zero-order chi connectivity index (χ0) is 11.0. The second kappa shape index (κ2) is 4.51. The van der Waals surface area contributed by atoms with Crippen molar-refractivity contribution in [2.24, 2.45) is 0 Å². The van der Waals surface area contributed by atoms with Crippen LogP contribution in [-0.4, -0.2) is 17.1 Å². The second-order valence-corrected chi connectivity index (χ2v) is 3.45. The van der Waals surface area contributed by atoms with Crippen LogP contribution < -0.4 is 4.74 Å². The van der Waals surface area contributed by atoms with Crippen molar-refractivity contribution in [2.75, 3.05) is 7.11 Å². The average Bonchev–Trinajstić information content (AvgIpc) is 2.96. The minimum Gasteiger partial charge on any atom is -0.497 e. The van der Waals surface area contributed by atoms with E-state index >= 15 is 0 Å². The Labute approximate surface area is 104 Å². The van der Waals surface area contributed by atoms with E-state index < -0.39 is 0 Å². The van der Waals surface area contributed by atoms with Gasteiger partial charge in [-0.3, -0.25) is 0 Å². The SMILES string of the molecule is COc1ccc2cc(-c3ncc[nH]3)oc2c1.Cl. The number of furan rings is 1. The average molecular weight is 251 g/mol. The summed E-state index contributed by atoms with van der Waals surface area (Å²) in [6, 6.07) is 7.68. The molecule has 17 heavy (non-hydrogen) atoms. The lowest BCUT2D eigenvalue weighted by atomic mass is 10.2. The van der Waals surface area contributed by atoms with E-state index in [1.54, 1.807) is 19.5 Å². The minimum absolute atomic E-state index is 0. The third-order valence-electron chi connectivity index (χ3n) is 2.46. The number of nitrogens with zero attached hydrogens (tertiary/aromatic N) is 1. The highest BCUT2D eigenvalue weighted by Crippen LogP contribution is 2.28. The molecule has 88 valence electrons. The van der Waals surface area contributed by atoms with Gasteiger partial charge in [-0.2, -0.15) is 0 Å². The van der Waals surface area contributed by atoms with E-state index in [9.17, 15) is 0 Å². The van der Waals surface area contributed by atoms with Gasteiger partial charge in [0.25, 0.3) is 0 Å². The van der Waals surface area contributed by atoms with Crippen molar-refractivity contribution in [2.45, 2.75) is 0 Å². The first-order chi connectivity index (χ1) is 7.86. The van der Waals surface area contributed by atoms with Crippen LogP contribution in [0.1, 0.15) is 0 Å². The third-order valence-corrected chi connectivity index (χ3v) is 2.46. The van der Waals surface area contributed by atoms with Gasteiger partial charge in [-0.25, -0.2) is 4.98 Å². The minimum atomic E-state index is 0. The fourth-order valence-corrected chi connectivity index (χ4v) is 1.66. The van der Waals surface area contributed by atoms with E-state index in [4.69, 9.17) is 9.15 Å². The van der Waals surface area contributed by atoms with Crippen LogP contribution in [0.3, 0.4) is 0 Å². The molecule has 0 unspecified atom stereocenters. The van der Waals surface area contributed by atoms with Gasteiger partial charge in [0.2, 0.25) is 0 Å². The summed E-state index contributed by atoms with van der Waals surface area (Å²) in [6.45, 7) is 0. The molecule has 2 aromatic heterocycles. The van der Waals surface area contributed by atoms with Gasteiger partial charge < -0.3 is 14.1 Å². The van der Waals surface area contributed by atoms with Crippen molar-refractivity contribution in [1.82, 2.24) is 9.97 Å². The summed E-state index contributed by atoms with van der Waals surface area (Å²) in [5, 5.41) is 1.03. The van der Waals surface area contributed by atoms with Crippen LogP contribution in [-0.2, 0) is 0 Å². The van der Waals surface area contributed by atoms with Crippen molar-refractivity contribution >= 4 is 23.4 Å². The lowest BCUT2D eigenvalue weighted by Crippen LogP contribution is -1.79. The molecule has 3 aromatic rings. The summed E-state index contributed by atoms with van der Waals surface area (Å²) in [5.41, 5.74) is 0.797. The first-order valence-electron chi connectivity index (χ1n) is 4.94. The quantitative estimate of drug-likeness (QED) is 0.760. The first kappa shape index (κ1) is 11.5. The maximum absolute atomic E-state index is 5.68. The van der Waals surface area contributed by atoms with Gasteiger partial charge in [0.15, 0.2) is 11.6 Å². The molecule has 1 N–H and O–H groups in total. The van der Waals surface area contributed by atoms with E-state index in [1.807, 2.05) is 24.3 Å². The highest BCUT2D eigenvalue weighted by Gasteiger charge is 2.08. The highest BCUT2D eigenvalue weighted by molar-refractivity contribution is 5.85. The highest BCUT2D eigenvalue weighted by atomic mass is 35.5. The van der Waals surface area contributed by atoms with E-state index in [1.165, 1.54) is 0 Å². The van der Waals surface area contributed by atoms with Crippen molar-refractivity contribution in [3.63, 3.8) is 0 Å². The van der Waals surface area contributed by atoms with Crippen molar-refractivity contribution < 1.29 is 9.15 Å². The molecule has 0 aliphatic heterocycles. The van der Waals surface area contributed by atoms with Crippen LogP contribution >= 0.6 is 12.4 Å². The number of hydrogen-bond acceptors (Lipinski definition) is 3. The van der Waals surface area contributed by atoms with Crippen LogP contribution in [0.15, 0.2) is 41.1 Å². The Kier molecular flexibility index (Phi) is 3.06. The van der Waals surface area contributed by atoms with Crippen LogP contribution in [0, 0.1) is 0 Å². The number of imidazole rings is 1. The third kappa shape index (κ3) is 1.99. The smallest absolute Gasteiger partial charge is 0.173 e. The Bertz CT molecular complexity index is 617. The summed E-state index contributed by atoms with van der Waals surface area (Å²) in [7, 11) is 1.64. The summed E-state index contributed by atoms with van der Waals surface area (Å²) in [5.74, 6) is 2.25. The van der Waals surface area contributed by atoms with Crippen molar-refractivity contribution in [1.29, 1.82) is 0 Å². The van der Waals surface area contributed by atoms with Gasteiger partial charge in [0.05, 0.1) is 7.11 Å². The van der Waals surface area contributed by atoms with Gasteiger partial charge in [0, 0.05) is 23.8 Å². The number of hydrogen-bond donors (Lipinski definition) is 1. The Hall–Kier alpha value is -1.94. The Morgan fingerprint density at radius 1 is 1.29 bits per heavy atom. The molecule has 0 saturated carbocycles. The molecular weight excluding hydrogens is 240 g/mol. The monoisotopic (exact) mass is 250 g/mol. The fraction of sp³-hybridized carbons (Fsp3) is 0.0833. The maximum atomic E-state index is 5.68. The first-order valence-corrected chi connectivity index (χ1v) is 4.94. The molecule has 0 spiro atoms. The van der Waals surface area contributed by atoms with Crippen molar-refractivity contribution in [3.8, 4) is 17.3 Å². The van der Waals surface area contributed by atoms with E-state index in [2.05, 4.69) is 9.97 Å². The normalized spacial score (nSPS) is 10.2. The van der Waals surface area contributed by atoms with Gasteiger partial charge in [0.1, 0.15) is 11.3 Å². The molecule has 5 heteroatoms. The second-order valence-electron chi connectivity index (χ2n) is 3.45. The number of rotatable bonds is 2. The molecule has 0 atom stereocenters. The molecule has 3 rings (SSSR count). The largest absolute Gasteiger partial charge is 0.497 e. The molecule has 0 aliphatic rings. The van der Waals surface area contributed by atoms with Gasteiger partial charge >= 0.3 is 0 Å². The van der Waals surface area contributed by atoms with E-state index in [0.29, 0.717) is 0 Å². The maximum Gasteiger partial charge on any atom is 0.173 e. The predicted molar refractivity (Wildman–Crippen MR) is 67.6 cm³/mol. The molecular formula is C12H11ClN2O2. The standard InChI is InChI=1S/C12H10N2O2.ClH/c1-15-9-3-2-8-6-11(16-10(8)7-9)12-13-4-5-14-12;/h2-7H,1H3,(H,13,14);1H. The number of H-pyrrole nitrogens is 1. The summed E-state index contributed by atoms with van der Waals surface area (Å²) >= 11 is 0. The number of nitrogens with one attached hydrogen (secondary N) is 1. The lowest BCUT2D eigenvalue weighted by molar-refractivity contribution is 0.414. The Morgan fingerprint density at radius 2 is 2.18 bits per heavy atom. The van der Waals surface area contributed by atoms with Crippen molar-refractivity contribution in [3.05, 3.63) is 36.7 Å². The van der Waals surface area contributed by atoms with Crippen LogP contribution in [0.25, 0.3) is 22.6 Å². The number of halogens is 1. The molecule has 0 saturated heterocycles. The molecule has 0 radical (unpaired) electrons. The molecule has 0 amide bonds. The molecule has 4 nitrogen and oxygen atoms in total. The summed E-state index contributed by atoms with van der Waals surface area (Å²) < 4.78 is 10.8. The Morgan fingerprint density at radius 3 is 2.88 bits per heavy atom. The topological polar surface area (TPSA) is 51.0 Å². The number of aromatic nitrogens is 2. The molecule has 0 bridgehead atoms. The molecule has 2 heterocycles. The van der Waals surface area contributed by atoms with E-state index in [0.717, 1.165) is 28.3 Å². The zero-order valence-electron chi connectivity index (χ0n) is 9.14. The summed E-state index contributed by atoms with van der Waals surface area (Å²) in [4.78, 5) is 7.15. The number of aromatic amines is 1. The zero-order valence-corrected chi connectivity index (χ0v) is 9.95. The predicted octanol–water partition coefficient (Wildman–Crippen LogP) is 3.25. The number of benzene rings is 1. The lowest BCUT2D eigenvalue weighted by Gasteiger charge is -1.96. The molecule has 1 aromatic carbocycles. The number of methoxy groups -OCH3 is 1. The molecule has 0 fully saturated rings. The van der Waals surface area contributed by atoms with E-state index in [-0.39, 0.29) is 12.4 Å². The van der Waals surface area contributed by atoms with Crippen LogP contribution in [0.4, 0.5) is 0 Å². The van der Waals surface area contributed by atoms with Gasteiger partial charge in [-0.1, -0.05) is 0 Å². The number of ether oxygens (including phenoxy) is 1. The van der Waals surface area contributed by atoms with Crippen LogP contribution in [0.2, 0.25) is 0 Å². The van der Waals surface area contributed by atoms with Crippen LogP contribution in [0.5, 0.6) is 5.75 Å². The van der Waals surface area contributed by atoms with Gasteiger partial charge in [-0.05, 0) is 18.2 Å². The summed E-state index contributed by atoms with van der Waals surface area (Å²) in [6.07, 6.45) is 3.46.